The lowest BCUT2D eigenvalue weighted by Crippen LogP contribution is -2.42. The van der Waals surface area contributed by atoms with Crippen LogP contribution in [0.4, 0.5) is 0 Å². The molecule has 8 nitrogen and oxygen atoms in total. The molecule has 0 heterocycles. The Morgan fingerprint density at radius 3 is 1.27 bits per heavy atom. The Balaban J connectivity index is 4.12. The van der Waals surface area contributed by atoms with E-state index in [0.29, 0.717) is 19.8 Å². The third-order valence-electron chi connectivity index (χ3n) is 9.91. The first-order valence-electron chi connectivity index (χ1n) is 22.2. The number of esters is 2. The molecule has 0 rings (SSSR count). The van der Waals surface area contributed by atoms with E-state index in [1.165, 1.54) is 161 Å². The van der Waals surface area contributed by atoms with Crippen LogP contribution in [0.1, 0.15) is 219 Å². The van der Waals surface area contributed by atoms with Crippen molar-refractivity contribution in [1.29, 1.82) is 0 Å². The minimum atomic E-state index is -1.16. The molecule has 1 N–H and O–H groups in total. The summed E-state index contributed by atoms with van der Waals surface area (Å²) in [6.07, 6.45) is 38.4. The van der Waals surface area contributed by atoms with Crippen molar-refractivity contribution < 1.29 is 33.3 Å². The van der Waals surface area contributed by atoms with Crippen LogP contribution in [0.5, 0.6) is 0 Å². The number of carbonyl (C=O) groups is 3. The van der Waals surface area contributed by atoms with Crippen molar-refractivity contribution in [2.24, 2.45) is 0 Å². The van der Waals surface area contributed by atoms with Crippen molar-refractivity contribution in [3.63, 3.8) is 0 Å². The molecular formula is C44H85NO7. The molecule has 0 bridgehead atoms. The van der Waals surface area contributed by atoms with E-state index in [9.17, 15) is 14.4 Å². The molecular weight excluding hydrogens is 654 g/mol. The predicted molar refractivity (Wildman–Crippen MR) is 216 cm³/mol. The molecule has 0 spiro atoms. The van der Waals surface area contributed by atoms with Crippen molar-refractivity contribution >= 4 is 17.8 Å². The molecule has 8 heteroatoms. The number of ether oxygens (including phenoxy) is 4. The fourth-order valence-corrected chi connectivity index (χ4v) is 6.51. The number of amides is 1. The quantitative estimate of drug-likeness (QED) is 0.0491. The number of hydrogen-bond acceptors (Lipinski definition) is 7. The van der Waals surface area contributed by atoms with Crippen molar-refractivity contribution in [1.82, 2.24) is 5.32 Å². The van der Waals surface area contributed by atoms with E-state index in [0.717, 1.165) is 38.5 Å². The molecule has 0 aliphatic heterocycles. The van der Waals surface area contributed by atoms with E-state index in [2.05, 4.69) is 19.2 Å². The minimum absolute atomic E-state index is 0.130. The lowest BCUT2D eigenvalue weighted by Gasteiger charge is -2.18. The Bertz CT molecular complexity index is 778. The summed E-state index contributed by atoms with van der Waals surface area (Å²) in [5.41, 5.74) is 0. The van der Waals surface area contributed by atoms with Gasteiger partial charge in [0.15, 0.2) is 0 Å². The monoisotopic (exact) mass is 740 g/mol. The highest BCUT2D eigenvalue weighted by atomic mass is 16.6. The number of nitrogens with one attached hydrogen (secondary N) is 1. The molecule has 0 aromatic carbocycles. The van der Waals surface area contributed by atoms with Gasteiger partial charge in [0.2, 0.25) is 12.0 Å². The molecule has 0 aromatic heterocycles. The van der Waals surface area contributed by atoms with Crippen molar-refractivity contribution in [2.45, 2.75) is 225 Å². The molecule has 0 aliphatic carbocycles. The summed E-state index contributed by atoms with van der Waals surface area (Å²) in [6.45, 7) is 5.22. The van der Waals surface area contributed by atoms with Crippen LogP contribution in [0.3, 0.4) is 0 Å². The van der Waals surface area contributed by atoms with Gasteiger partial charge in [0.05, 0.1) is 26.4 Å². The highest BCUT2D eigenvalue weighted by molar-refractivity contribution is 5.81. The molecule has 1 amide bonds. The normalized spacial score (nSPS) is 11.8. The lowest BCUT2D eigenvalue weighted by atomic mass is 10.0. The van der Waals surface area contributed by atoms with E-state index in [4.69, 9.17) is 18.9 Å². The summed E-state index contributed by atoms with van der Waals surface area (Å²) in [5.74, 6) is -1.42. The van der Waals surface area contributed by atoms with Crippen LogP contribution in [0.15, 0.2) is 0 Å². The zero-order chi connectivity index (χ0) is 38.0. The summed E-state index contributed by atoms with van der Waals surface area (Å²) in [4.78, 5) is 37.7. The Kier molecular flexibility index (Phi) is 40.7. The first-order valence-corrected chi connectivity index (χ1v) is 22.2. The summed E-state index contributed by atoms with van der Waals surface area (Å²) in [6, 6.07) is 0. The van der Waals surface area contributed by atoms with Gasteiger partial charge in [0.1, 0.15) is 6.61 Å². The molecule has 308 valence electrons. The number of unbranched alkanes of at least 4 members (excludes halogenated alkanes) is 29. The number of hydrogen-bond donors (Lipinski definition) is 1. The second-order valence-corrected chi connectivity index (χ2v) is 15.0. The van der Waals surface area contributed by atoms with E-state index < -0.39 is 18.0 Å². The Morgan fingerprint density at radius 1 is 0.481 bits per heavy atom. The minimum Gasteiger partial charge on any atom is -0.463 e. The van der Waals surface area contributed by atoms with Crippen LogP contribution in [-0.4, -0.2) is 64.0 Å². The molecule has 0 saturated heterocycles. The second kappa shape index (κ2) is 42.1. The van der Waals surface area contributed by atoms with Gasteiger partial charge < -0.3 is 24.3 Å². The van der Waals surface area contributed by atoms with Crippen LogP contribution < -0.4 is 5.32 Å². The first-order chi connectivity index (χ1) is 25.5. The fraction of sp³-hybridized carbons (Fsp3) is 0.932. The highest BCUT2D eigenvalue weighted by Crippen LogP contribution is 2.16. The Hall–Kier alpha value is -1.67. The molecule has 0 radical (unpaired) electrons. The lowest BCUT2D eigenvalue weighted by molar-refractivity contribution is -0.168. The smallest absolute Gasteiger partial charge is 0.349 e. The number of carbonyl (C=O) groups excluding carboxylic acids is 3. The van der Waals surface area contributed by atoms with Crippen molar-refractivity contribution in [3.8, 4) is 0 Å². The van der Waals surface area contributed by atoms with Crippen LogP contribution >= 0.6 is 0 Å². The Morgan fingerprint density at radius 2 is 0.865 bits per heavy atom. The van der Waals surface area contributed by atoms with Gasteiger partial charge in [0.25, 0.3) is 0 Å². The van der Waals surface area contributed by atoms with E-state index in [1.807, 2.05) is 0 Å². The summed E-state index contributed by atoms with van der Waals surface area (Å²) >= 11 is 0. The average molecular weight is 740 g/mol. The largest absolute Gasteiger partial charge is 0.463 e. The molecule has 0 fully saturated rings. The second-order valence-electron chi connectivity index (χ2n) is 15.0. The Labute approximate surface area is 321 Å². The van der Waals surface area contributed by atoms with Crippen molar-refractivity contribution in [3.05, 3.63) is 0 Å². The topological polar surface area (TPSA) is 100 Å². The molecule has 52 heavy (non-hydrogen) atoms. The summed E-state index contributed by atoms with van der Waals surface area (Å²) in [7, 11) is 1.56. The van der Waals surface area contributed by atoms with Gasteiger partial charge >= 0.3 is 11.9 Å². The molecule has 1 atom stereocenters. The number of methoxy groups -OCH3 is 1. The van der Waals surface area contributed by atoms with Gasteiger partial charge in [0, 0.05) is 13.5 Å². The number of rotatable bonds is 42. The van der Waals surface area contributed by atoms with E-state index >= 15 is 0 Å². The van der Waals surface area contributed by atoms with Crippen molar-refractivity contribution in [2.75, 3.05) is 40.1 Å². The maximum Gasteiger partial charge on any atom is 0.349 e. The van der Waals surface area contributed by atoms with Crippen LogP contribution in [0.25, 0.3) is 0 Å². The SMILES string of the molecule is CCCCCCCCCCCCCCCCCCOC(=O)C(CNC(=O)COCCOC)OC(=O)CCCCCCCCCCCCCCCCC. The highest BCUT2D eigenvalue weighted by Gasteiger charge is 2.25. The average Bonchev–Trinajstić information content (AvgIpc) is 3.14. The molecule has 0 aromatic rings. The first kappa shape index (κ1) is 50.3. The van der Waals surface area contributed by atoms with Gasteiger partial charge in [-0.05, 0) is 12.8 Å². The van der Waals surface area contributed by atoms with Gasteiger partial charge in [-0.3, -0.25) is 9.59 Å². The predicted octanol–water partition coefficient (Wildman–Crippen LogP) is 11.7. The van der Waals surface area contributed by atoms with E-state index in [1.54, 1.807) is 7.11 Å². The van der Waals surface area contributed by atoms with Crippen LogP contribution in [-0.2, 0) is 33.3 Å². The zero-order valence-electron chi connectivity index (χ0n) is 34.6. The van der Waals surface area contributed by atoms with Crippen LogP contribution in [0.2, 0.25) is 0 Å². The summed E-state index contributed by atoms with van der Waals surface area (Å²) in [5, 5.41) is 2.64. The zero-order valence-corrected chi connectivity index (χ0v) is 34.6. The molecule has 1 unspecified atom stereocenters. The van der Waals surface area contributed by atoms with Crippen LogP contribution in [0, 0.1) is 0 Å². The summed E-state index contributed by atoms with van der Waals surface area (Å²) < 4.78 is 21.2. The molecule has 0 aliphatic rings. The maximum atomic E-state index is 12.9. The third-order valence-corrected chi connectivity index (χ3v) is 9.91. The van der Waals surface area contributed by atoms with Gasteiger partial charge in [-0.2, -0.15) is 0 Å². The maximum absolute atomic E-state index is 12.9. The van der Waals surface area contributed by atoms with Gasteiger partial charge in [-0.25, -0.2) is 4.79 Å². The van der Waals surface area contributed by atoms with Gasteiger partial charge in [-0.1, -0.05) is 200 Å². The van der Waals surface area contributed by atoms with E-state index in [-0.39, 0.29) is 25.5 Å². The third kappa shape index (κ3) is 38.1. The molecule has 0 saturated carbocycles. The fourth-order valence-electron chi connectivity index (χ4n) is 6.51. The van der Waals surface area contributed by atoms with Gasteiger partial charge in [-0.15, -0.1) is 0 Å². The standard InChI is InChI=1S/C44H85NO7/c1-4-6-8-10-12-14-16-18-20-22-24-26-28-30-32-34-36-51-44(48)41(39-45-42(46)40-50-38-37-49-3)52-43(47)35-33-31-29-27-25-23-21-19-17-15-13-11-9-7-5-2/h41H,4-40H2,1-3H3,(H,45,46).